The molecule has 0 unspecified atom stereocenters. The number of nitrogens with zero attached hydrogens (tertiary/aromatic N) is 3. The molecule has 0 spiro atoms. The summed E-state index contributed by atoms with van der Waals surface area (Å²) in [7, 11) is 0. The molecule has 1 aliphatic heterocycles. The van der Waals surface area contributed by atoms with E-state index in [2.05, 4.69) is 0 Å². The van der Waals surface area contributed by atoms with Crippen LogP contribution in [0.1, 0.15) is 12.5 Å². The molecule has 1 aromatic rings. The minimum absolute atomic E-state index is 0.315. The number of para-hydroxylation sites is 1. The molecule has 112 valence electrons. The van der Waals surface area contributed by atoms with Crippen LogP contribution in [0.25, 0.3) is 6.08 Å². The van der Waals surface area contributed by atoms with Crippen molar-refractivity contribution in [1.82, 2.24) is 0 Å². The quantitative estimate of drug-likeness (QED) is 0.781. The Hall–Kier alpha value is -2.73. The van der Waals surface area contributed by atoms with Gasteiger partial charge in [-0.25, -0.2) is 0 Å². The van der Waals surface area contributed by atoms with Crippen LogP contribution in [0.15, 0.2) is 41.5 Å². The molecule has 0 aliphatic carbocycles. The number of allylic oxidation sites excluding steroid dienone is 1. The lowest BCUT2D eigenvalue weighted by molar-refractivity contribution is -0.0948. The molecule has 0 N–H and O–H groups in total. The van der Waals surface area contributed by atoms with E-state index in [1.54, 1.807) is 37.3 Å². The fourth-order valence-electron chi connectivity index (χ4n) is 2.56. The molecule has 0 fully saturated rings. The van der Waals surface area contributed by atoms with E-state index in [4.69, 9.17) is 10.5 Å². The summed E-state index contributed by atoms with van der Waals surface area (Å²) in [5, 5.41) is 17.7. The maximum atomic E-state index is 13.4. The normalized spacial score (nSPS) is 16.5. The van der Waals surface area contributed by atoms with E-state index in [9.17, 15) is 13.2 Å². The first kappa shape index (κ1) is 15.7. The summed E-state index contributed by atoms with van der Waals surface area (Å²) in [6.45, 7) is 2.05. The number of hydrogen-bond donors (Lipinski definition) is 0. The van der Waals surface area contributed by atoms with Gasteiger partial charge in [0.15, 0.2) is 0 Å². The molecule has 2 rings (SSSR count). The minimum Gasteiger partial charge on any atom is -0.361 e. The highest BCUT2D eigenvalue weighted by Crippen LogP contribution is 2.38. The Morgan fingerprint density at radius 1 is 1.23 bits per heavy atom. The third-order valence-corrected chi connectivity index (χ3v) is 3.47. The van der Waals surface area contributed by atoms with Gasteiger partial charge in [0.25, 0.3) is 0 Å². The van der Waals surface area contributed by atoms with Gasteiger partial charge in [-0.05, 0) is 18.6 Å². The van der Waals surface area contributed by atoms with Gasteiger partial charge in [0.1, 0.15) is 17.7 Å². The van der Waals surface area contributed by atoms with E-state index in [0.717, 1.165) is 5.56 Å². The van der Waals surface area contributed by atoms with Gasteiger partial charge in [0.05, 0.1) is 11.6 Å². The molecule has 0 saturated carbocycles. The lowest BCUT2D eigenvalue weighted by atomic mass is 9.94. The Kier molecular flexibility index (Phi) is 4.23. The van der Waals surface area contributed by atoms with Crippen molar-refractivity contribution in [3.05, 3.63) is 47.1 Å². The number of fused-ring (bicyclic) bond motifs is 1. The van der Waals surface area contributed by atoms with Crippen LogP contribution in [0.5, 0.6) is 0 Å². The fraction of sp³-hybridized carbons (Fsp3) is 0.250. The summed E-state index contributed by atoms with van der Waals surface area (Å²) in [6.07, 6.45) is -1.79. The second kappa shape index (κ2) is 5.95. The molecule has 1 heterocycles. The molecule has 0 radical (unpaired) electrons. The highest BCUT2D eigenvalue weighted by atomic mass is 19.4. The smallest absolute Gasteiger partial charge is 0.361 e. The standard InChI is InChI=1S/C16H12F3N3/c1-2-22-13-6-4-3-5-11(13)7-8-14(22)15(16(17,18)19)12(9-20)10-21/h3-8,14H,2H2,1H3/t14-/m0/s1. The molecule has 1 atom stereocenters. The predicted octanol–water partition coefficient (Wildman–Crippen LogP) is 3.81. The average molecular weight is 303 g/mol. The van der Waals surface area contributed by atoms with Gasteiger partial charge in [0.2, 0.25) is 0 Å². The van der Waals surface area contributed by atoms with Crippen LogP contribution in [0.4, 0.5) is 18.9 Å². The summed E-state index contributed by atoms with van der Waals surface area (Å²) < 4.78 is 40.2. The highest BCUT2D eigenvalue weighted by Gasteiger charge is 2.43. The maximum absolute atomic E-state index is 13.4. The van der Waals surface area contributed by atoms with Crippen LogP contribution in [0.2, 0.25) is 0 Å². The second-order valence-electron chi connectivity index (χ2n) is 4.66. The minimum atomic E-state index is -4.75. The van der Waals surface area contributed by atoms with Gasteiger partial charge in [-0.3, -0.25) is 0 Å². The molecule has 1 aromatic carbocycles. The molecule has 3 nitrogen and oxygen atoms in total. The Morgan fingerprint density at radius 2 is 1.86 bits per heavy atom. The van der Waals surface area contributed by atoms with E-state index in [1.807, 2.05) is 0 Å². The first-order valence-corrected chi connectivity index (χ1v) is 6.59. The van der Waals surface area contributed by atoms with Crippen LogP contribution in [0.3, 0.4) is 0 Å². The number of benzene rings is 1. The van der Waals surface area contributed by atoms with Crippen LogP contribution in [-0.4, -0.2) is 18.8 Å². The number of alkyl halides is 3. The van der Waals surface area contributed by atoms with Crippen LogP contribution < -0.4 is 4.90 Å². The van der Waals surface area contributed by atoms with Crippen molar-refractivity contribution in [1.29, 1.82) is 10.5 Å². The Labute approximate surface area is 126 Å². The largest absolute Gasteiger partial charge is 0.416 e. The van der Waals surface area contributed by atoms with Crippen molar-refractivity contribution >= 4 is 11.8 Å². The van der Waals surface area contributed by atoms with Crippen molar-refractivity contribution in [3.63, 3.8) is 0 Å². The Morgan fingerprint density at radius 3 is 2.41 bits per heavy atom. The number of halogens is 3. The zero-order valence-electron chi connectivity index (χ0n) is 11.7. The third kappa shape index (κ3) is 2.68. The van der Waals surface area contributed by atoms with E-state index < -0.39 is 23.4 Å². The van der Waals surface area contributed by atoms with E-state index in [1.165, 1.54) is 23.1 Å². The maximum Gasteiger partial charge on any atom is 0.416 e. The monoisotopic (exact) mass is 303 g/mol. The Bertz CT molecular complexity index is 701. The van der Waals surface area contributed by atoms with Crippen LogP contribution >= 0.6 is 0 Å². The van der Waals surface area contributed by atoms with Crippen LogP contribution in [-0.2, 0) is 0 Å². The number of nitriles is 2. The molecule has 1 aliphatic rings. The molecule has 6 heteroatoms. The molecule has 0 bridgehead atoms. The first-order chi connectivity index (χ1) is 10.4. The number of hydrogen-bond acceptors (Lipinski definition) is 3. The van der Waals surface area contributed by atoms with Gasteiger partial charge >= 0.3 is 6.18 Å². The van der Waals surface area contributed by atoms with E-state index >= 15 is 0 Å². The topological polar surface area (TPSA) is 50.8 Å². The molecule has 0 amide bonds. The average Bonchev–Trinajstić information content (AvgIpc) is 2.50. The zero-order chi connectivity index (χ0) is 16.3. The molecular formula is C16H12F3N3. The van der Waals surface area contributed by atoms with E-state index in [0.29, 0.717) is 12.2 Å². The van der Waals surface area contributed by atoms with Gasteiger partial charge in [-0.2, -0.15) is 23.7 Å². The SMILES string of the molecule is CCN1c2ccccc2C=C[C@H]1C(=C(C#N)C#N)C(F)(F)F. The number of rotatable bonds is 2. The fourth-order valence-corrected chi connectivity index (χ4v) is 2.56. The van der Waals surface area contributed by atoms with Crippen LogP contribution in [0, 0.1) is 22.7 Å². The lowest BCUT2D eigenvalue weighted by Crippen LogP contribution is -2.42. The molecule has 22 heavy (non-hydrogen) atoms. The Balaban J connectivity index is 2.64. The first-order valence-electron chi connectivity index (χ1n) is 6.59. The van der Waals surface area contributed by atoms with Gasteiger partial charge in [-0.1, -0.05) is 30.4 Å². The van der Waals surface area contributed by atoms with Gasteiger partial charge in [0, 0.05) is 12.2 Å². The third-order valence-electron chi connectivity index (χ3n) is 3.47. The van der Waals surface area contributed by atoms with Crippen molar-refractivity contribution in [3.8, 4) is 12.1 Å². The zero-order valence-corrected chi connectivity index (χ0v) is 11.7. The van der Waals surface area contributed by atoms with Crippen molar-refractivity contribution in [2.75, 3.05) is 11.4 Å². The van der Waals surface area contributed by atoms with Gasteiger partial charge < -0.3 is 4.90 Å². The van der Waals surface area contributed by atoms with E-state index in [-0.39, 0.29) is 0 Å². The highest BCUT2D eigenvalue weighted by molar-refractivity contribution is 5.74. The molecular weight excluding hydrogens is 291 g/mol. The molecule has 0 aromatic heterocycles. The van der Waals surface area contributed by atoms with Gasteiger partial charge in [-0.15, -0.1) is 0 Å². The lowest BCUT2D eigenvalue weighted by Gasteiger charge is -2.36. The summed E-state index contributed by atoms with van der Waals surface area (Å²) in [5.74, 6) is 0. The summed E-state index contributed by atoms with van der Waals surface area (Å²) in [4.78, 5) is 1.53. The summed E-state index contributed by atoms with van der Waals surface area (Å²) in [6, 6.07) is 8.60. The summed E-state index contributed by atoms with van der Waals surface area (Å²) >= 11 is 0. The van der Waals surface area contributed by atoms with Crippen molar-refractivity contribution in [2.45, 2.75) is 19.1 Å². The number of likely N-dealkylation sites (N-methyl/N-ethyl adjacent to an activating group) is 1. The summed E-state index contributed by atoms with van der Waals surface area (Å²) in [5.41, 5.74) is -0.572. The number of anilines is 1. The second-order valence-corrected chi connectivity index (χ2v) is 4.66. The van der Waals surface area contributed by atoms with Crippen molar-refractivity contribution < 1.29 is 13.2 Å². The predicted molar refractivity (Wildman–Crippen MR) is 76.6 cm³/mol. The van der Waals surface area contributed by atoms with Crippen molar-refractivity contribution in [2.24, 2.45) is 0 Å². The molecule has 0 saturated heterocycles.